The van der Waals surface area contributed by atoms with Crippen LogP contribution in [0.25, 0.3) is 11.3 Å². The van der Waals surface area contributed by atoms with E-state index in [0.717, 1.165) is 18.4 Å². The molecule has 0 saturated heterocycles. The lowest BCUT2D eigenvalue weighted by Crippen LogP contribution is -2.22. The SMILES string of the molecule is Cc1c(Cl)ccnc1-n1ccn2c3c(cc2c1=O)CC(C)(C)C3. The summed E-state index contributed by atoms with van der Waals surface area (Å²) in [7, 11) is 0. The minimum Gasteiger partial charge on any atom is -0.314 e. The summed E-state index contributed by atoms with van der Waals surface area (Å²) in [6.07, 6.45) is 7.37. The number of fused-ring (bicyclic) bond motifs is 3. The molecule has 3 aromatic heterocycles. The van der Waals surface area contributed by atoms with Crippen LogP contribution in [-0.2, 0) is 12.8 Å². The zero-order valence-corrected chi connectivity index (χ0v) is 14.2. The molecular formula is C18H18ClN3O. The predicted molar refractivity (Wildman–Crippen MR) is 91.7 cm³/mol. The topological polar surface area (TPSA) is 39.3 Å². The van der Waals surface area contributed by atoms with Crippen LogP contribution in [0.4, 0.5) is 0 Å². The fourth-order valence-corrected chi connectivity index (χ4v) is 3.71. The summed E-state index contributed by atoms with van der Waals surface area (Å²) in [5.41, 5.74) is 4.25. The Labute approximate surface area is 139 Å². The van der Waals surface area contributed by atoms with Crippen molar-refractivity contribution in [2.45, 2.75) is 33.6 Å². The van der Waals surface area contributed by atoms with Crippen LogP contribution in [0.1, 0.15) is 30.7 Å². The molecule has 3 aromatic rings. The number of nitrogens with zero attached hydrogens (tertiary/aromatic N) is 3. The van der Waals surface area contributed by atoms with Gasteiger partial charge in [0.2, 0.25) is 0 Å². The first kappa shape index (κ1) is 14.5. The molecule has 0 spiro atoms. The minimum atomic E-state index is -0.0578. The Morgan fingerprint density at radius 1 is 1.26 bits per heavy atom. The Morgan fingerprint density at radius 3 is 2.83 bits per heavy atom. The molecule has 0 saturated carbocycles. The summed E-state index contributed by atoms with van der Waals surface area (Å²) >= 11 is 6.17. The first-order chi connectivity index (χ1) is 10.9. The standard InChI is InChI=1S/C18H18ClN3O/c1-11-13(19)4-5-20-16(11)22-7-6-21-14(17(22)23)8-12-9-18(2,3)10-15(12)21/h4-8H,9-10H2,1-3H3. The van der Waals surface area contributed by atoms with E-state index < -0.39 is 0 Å². The van der Waals surface area contributed by atoms with E-state index in [4.69, 9.17) is 11.6 Å². The maximum Gasteiger partial charge on any atom is 0.280 e. The first-order valence-corrected chi connectivity index (χ1v) is 8.11. The second-order valence-electron chi connectivity index (χ2n) is 7.10. The molecule has 0 amide bonds. The van der Waals surface area contributed by atoms with Gasteiger partial charge in [-0.05, 0) is 42.9 Å². The minimum absolute atomic E-state index is 0.0578. The zero-order valence-electron chi connectivity index (χ0n) is 13.4. The summed E-state index contributed by atoms with van der Waals surface area (Å²) in [6.45, 7) is 6.40. The van der Waals surface area contributed by atoms with E-state index in [1.54, 1.807) is 23.0 Å². The Morgan fingerprint density at radius 2 is 2.04 bits per heavy atom. The third kappa shape index (κ3) is 2.12. The van der Waals surface area contributed by atoms with Gasteiger partial charge in [-0.3, -0.25) is 9.36 Å². The second-order valence-corrected chi connectivity index (χ2v) is 7.51. The smallest absolute Gasteiger partial charge is 0.280 e. The Kier molecular flexibility index (Phi) is 2.97. The van der Waals surface area contributed by atoms with Crippen LogP contribution in [0.15, 0.2) is 35.5 Å². The zero-order chi connectivity index (χ0) is 16.4. The molecule has 0 aliphatic heterocycles. The van der Waals surface area contributed by atoms with Crippen molar-refractivity contribution < 1.29 is 0 Å². The van der Waals surface area contributed by atoms with Crippen molar-refractivity contribution in [3.8, 4) is 5.82 Å². The average molecular weight is 328 g/mol. The molecule has 118 valence electrons. The van der Waals surface area contributed by atoms with Gasteiger partial charge in [0.15, 0.2) is 0 Å². The van der Waals surface area contributed by atoms with Crippen molar-refractivity contribution in [3.63, 3.8) is 0 Å². The highest BCUT2D eigenvalue weighted by Gasteiger charge is 2.31. The van der Waals surface area contributed by atoms with Crippen molar-refractivity contribution >= 4 is 17.1 Å². The van der Waals surface area contributed by atoms with Gasteiger partial charge in [0, 0.05) is 34.9 Å². The maximum atomic E-state index is 12.9. The van der Waals surface area contributed by atoms with Crippen molar-refractivity contribution in [2.75, 3.05) is 0 Å². The molecule has 23 heavy (non-hydrogen) atoms. The number of hydrogen-bond acceptors (Lipinski definition) is 2. The molecule has 1 aliphatic rings. The number of halogens is 1. The summed E-state index contributed by atoms with van der Waals surface area (Å²) in [6, 6.07) is 3.76. The van der Waals surface area contributed by atoms with Gasteiger partial charge < -0.3 is 4.40 Å². The Bertz CT molecular complexity index is 997. The van der Waals surface area contributed by atoms with E-state index in [9.17, 15) is 4.79 Å². The van der Waals surface area contributed by atoms with Crippen LogP contribution in [0.5, 0.6) is 0 Å². The molecule has 3 heterocycles. The number of pyridine rings is 1. The predicted octanol–water partition coefficient (Wildman–Crippen LogP) is 3.57. The number of aromatic nitrogens is 3. The van der Waals surface area contributed by atoms with E-state index in [1.165, 1.54) is 11.3 Å². The lowest BCUT2D eigenvalue weighted by Gasteiger charge is -2.16. The molecule has 0 radical (unpaired) electrons. The molecule has 0 aromatic carbocycles. The van der Waals surface area contributed by atoms with Crippen molar-refractivity contribution in [1.29, 1.82) is 0 Å². The van der Waals surface area contributed by atoms with Crippen molar-refractivity contribution in [1.82, 2.24) is 14.0 Å². The van der Waals surface area contributed by atoms with Gasteiger partial charge in [0.25, 0.3) is 5.56 Å². The third-order valence-electron chi connectivity index (χ3n) is 4.69. The lowest BCUT2D eigenvalue weighted by molar-refractivity contribution is 0.389. The molecule has 5 heteroatoms. The molecule has 1 aliphatic carbocycles. The molecule has 0 unspecified atom stereocenters. The van der Waals surface area contributed by atoms with Gasteiger partial charge in [-0.25, -0.2) is 4.98 Å². The molecule has 0 N–H and O–H groups in total. The number of rotatable bonds is 1. The van der Waals surface area contributed by atoms with E-state index in [2.05, 4.69) is 18.8 Å². The van der Waals surface area contributed by atoms with Crippen LogP contribution in [0.3, 0.4) is 0 Å². The highest BCUT2D eigenvalue weighted by atomic mass is 35.5. The normalized spacial score (nSPS) is 16.0. The summed E-state index contributed by atoms with van der Waals surface area (Å²) < 4.78 is 3.61. The molecule has 4 rings (SSSR count). The summed E-state index contributed by atoms with van der Waals surface area (Å²) in [4.78, 5) is 17.3. The summed E-state index contributed by atoms with van der Waals surface area (Å²) in [5, 5.41) is 0.612. The molecule has 4 nitrogen and oxygen atoms in total. The van der Waals surface area contributed by atoms with E-state index in [1.807, 2.05) is 23.6 Å². The Balaban J connectivity index is 1.95. The Hall–Kier alpha value is -2.07. The second kappa shape index (κ2) is 4.71. The van der Waals surface area contributed by atoms with Gasteiger partial charge in [0.05, 0.1) is 0 Å². The maximum absolute atomic E-state index is 12.9. The van der Waals surface area contributed by atoms with Gasteiger partial charge in [-0.2, -0.15) is 0 Å². The molecule has 0 bridgehead atoms. The monoisotopic (exact) mass is 327 g/mol. The first-order valence-electron chi connectivity index (χ1n) is 7.73. The van der Waals surface area contributed by atoms with Crippen LogP contribution in [0.2, 0.25) is 5.02 Å². The van der Waals surface area contributed by atoms with Gasteiger partial charge in [-0.1, -0.05) is 25.4 Å². The average Bonchev–Trinajstić information content (AvgIpc) is 2.96. The van der Waals surface area contributed by atoms with Crippen LogP contribution in [-0.4, -0.2) is 14.0 Å². The highest BCUT2D eigenvalue weighted by molar-refractivity contribution is 6.31. The van der Waals surface area contributed by atoms with Gasteiger partial charge in [-0.15, -0.1) is 0 Å². The largest absolute Gasteiger partial charge is 0.314 e. The molecule has 0 atom stereocenters. The van der Waals surface area contributed by atoms with Crippen LogP contribution >= 0.6 is 11.6 Å². The van der Waals surface area contributed by atoms with Crippen LogP contribution in [0, 0.1) is 12.3 Å². The molecular weight excluding hydrogens is 310 g/mol. The van der Waals surface area contributed by atoms with E-state index >= 15 is 0 Å². The fourth-order valence-electron chi connectivity index (χ4n) is 3.57. The van der Waals surface area contributed by atoms with Gasteiger partial charge >= 0.3 is 0 Å². The van der Waals surface area contributed by atoms with Crippen molar-refractivity contribution in [3.05, 3.63) is 62.9 Å². The molecule has 0 fully saturated rings. The third-order valence-corrected chi connectivity index (χ3v) is 5.10. The number of hydrogen-bond donors (Lipinski definition) is 0. The fraction of sp³-hybridized carbons (Fsp3) is 0.333. The quantitative estimate of drug-likeness (QED) is 0.685. The van der Waals surface area contributed by atoms with E-state index in [-0.39, 0.29) is 11.0 Å². The van der Waals surface area contributed by atoms with E-state index in [0.29, 0.717) is 16.4 Å². The van der Waals surface area contributed by atoms with Gasteiger partial charge in [0.1, 0.15) is 11.3 Å². The van der Waals surface area contributed by atoms with Crippen LogP contribution < -0.4 is 5.56 Å². The lowest BCUT2D eigenvalue weighted by atomic mass is 9.90. The highest BCUT2D eigenvalue weighted by Crippen LogP contribution is 2.37. The summed E-state index contributed by atoms with van der Waals surface area (Å²) in [5.74, 6) is 0.590. The van der Waals surface area contributed by atoms with Crippen molar-refractivity contribution in [2.24, 2.45) is 5.41 Å².